The van der Waals surface area contributed by atoms with E-state index in [1.54, 1.807) is 6.07 Å². The van der Waals surface area contributed by atoms with Gasteiger partial charge in [-0.25, -0.2) is 0 Å². The van der Waals surface area contributed by atoms with Gasteiger partial charge in [-0.3, -0.25) is 9.78 Å². The van der Waals surface area contributed by atoms with Gasteiger partial charge < -0.3 is 14.6 Å². The van der Waals surface area contributed by atoms with Gasteiger partial charge in [0.15, 0.2) is 0 Å². The van der Waals surface area contributed by atoms with Gasteiger partial charge in [0.25, 0.3) is 5.91 Å². The molecule has 1 unspecified atom stereocenters. The van der Waals surface area contributed by atoms with Gasteiger partial charge in [-0.2, -0.15) is 5.26 Å². The molecule has 4 heterocycles. The summed E-state index contributed by atoms with van der Waals surface area (Å²) >= 11 is 0. The maximum atomic E-state index is 12.4. The number of fused-ring (bicyclic) bond motifs is 3. The smallest absolute Gasteiger partial charge is 0.270 e. The van der Waals surface area contributed by atoms with E-state index in [0.29, 0.717) is 28.1 Å². The minimum atomic E-state index is -0.177. The van der Waals surface area contributed by atoms with Gasteiger partial charge in [0.05, 0.1) is 10.9 Å². The van der Waals surface area contributed by atoms with Crippen LogP contribution < -0.4 is 5.32 Å². The van der Waals surface area contributed by atoms with E-state index in [1.165, 1.54) is 25.4 Å². The molecule has 22 heavy (non-hydrogen) atoms. The molecule has 0 radical (unpaired) electrons. The minimum absolute atomic E-state index is 0.177. The van der Waals surface area contributed by atoms with Gasteiger partial charge in [-0.1, -0.05) is 0 Å². The molecule has 2 fully saturated rings. The fourth-order valence-corrected chi connectivity index (χ4v) is 3.56. The quantitative estimate of drug-likeness (QED) is 0.908. The highest BCUT2D eigenvalue weighted by Crippen LogP contribution is 2.27. The summed E-state index contributed by atoms with van der Waals surface area (Å²) in [6.07, 6.45) is 5.20. The SMILES string of the molecule is N#Cc1coc2cc(C(=O)N[C@@H]3C[C@H]4CCN(C4)C3)ncc12. The first-order valence-corrected chi connectivity index (χ1v) is 7.53. The number of rotatable bonds is 2. The molecule has 2 aliphatic rings. The highest BCUT2D eigenvalue weighted by atomic mass is 16.3. The number of nitrogens with one attached hydrogen (secondary N) is 1. The van der Waals surface area contributed by atoms with Gasteiger partial charge in [0, 0.05) is 31.4 Å². The Hall–Kier alpha value is -2.39. The number of carbonyl (C=O) groups is 1. The van der Waals surface area contributed by atoms with E-state index in [0.717, 1.165) is 19.5 Å². The number of aromatic nitrogens is 1. The Morgan fingerprint density at radius 3 is 3.23 bits per heavy atom. The van der Waals surface area contributed by atoms with Crippen LogP contribution in [0.2, 0.25) is 0 Å². The first-order chi connectivity index (χ1) is 10.7. The van der Waals surface area contributed by atoms with Gasteiger partial charge in [-0.05, 0) is 25.3 Å². The van der Waals surface area contributed by atoms with Crippen LogP contribution >= 0.6 is 0 Å². The Balaban J connectivity index is 1.52. The number of hydrogen-bond donors (Lipinski definition) is 1. The van der Waals surface area contributed by atoms with Gasteiger partial charge >= 0.3 is 0 Å². The van der Waals surface area contributed by atoms with Crippen molar-refractivity contribution in [1.82, 2.24) is 15.2 Å². The zero-order valence-corrected chi connectivity index (χ0v) is 12.1. The molecule has 0 aromatic carbocycles. The van der Waals surface area contributed by atoms with Crippen LogP contribution in [0.4, 0.5) is 0 Å². The van der Waals surface area contributed by atoms with E-state index in [2.05, 4.69) is 15.2 Å². The number of carbonyl (C=O) groups excluding carboxylic acids is 1. The van der Waals surface area contributed by atoms with Crippen LogP contribution in [0.15, 0.2) is 22.9 Å². The number of furan rings is 1. The third-order valence-electron chi connectivity index (χ3n) is 4.61. The normalized spacial score (nSPS) is 26.8. The fraction of sp³-hybridized carbons (Fsp3) is 0.438. The molecule has 0 saturated carbocycles. The van der Waals surface area contributed by atoms with Crippen molar-refractivity contribution in [3.8, 4) is 6.07 Å². The topological polar surface area (TPSA) is 82.2 Å². The molecule has 112 valence electrons. The Labute approximate surface area is 127 Å². The summed E-state index contributed by atoms with van der Waals surface area (Å²) in [6.45, 7) is 3.23. The summed E-state index contributed by atoms with van der Waals surface area (Å²) in [4.78, 5) is 18.9. The number of nitrogens with zero attached hydrogens (tertiary/aromatic N) is 3. The maximum Gasteiger partial charge on any atom is 0.270 e. The average molecular weight is 296 g/mol. The molecule has 1 amide bonds. The molecular formula is C16H16N4O2. The number of piperidine rings is 1. The maximum absolute atomic E-state index is 12.4. The van der Waals surface area contributed by atoms with Crippen molar-refractivity contribution in [2.24, 2.45) is 5.92 Å². The van der Waals surface area contributed by atoms with Crippen molar-refractivity contribution >= 4 is 16.9 Å². The van der Waals surface area contributed by atoms with E-state index in [9.17, 15) is 4.79 Å². The summed E-state index contributed by atoms with van der Waals surface area (Å²) in [5.74, 6) is 0.530. The van der Waals surface area contributed by atoms with Crippen LogP contribution in [0.1, 0.15) is 28.9 Å². The molecule has 1 N–H and O–H groups in total. The molecule has 6 nitrogen and oxygen atoms in total. The molecule has 2 aromatic rings. The summed E-state index contributed by atoms with van der Waals surface area (Å²) in [7, 11) is 0. The third kappa shape index (κ3) is 2.24. The molecule has 2 saturated heterocycles. The number of hydrogen-bond acceptors (Lipinski definition) is 5. The van der Waals surface area contributed by atoms with E-state index >= 15 is 0 Å². The van der Waals surface area contributed by atoms with Crippen molar-refractivity contribution in [2.75, 3.05) is 19.6 Å². The molecule has 4 rings (SSSR count). The summed E-state index contributed by atoms with van der Waals surface area (Å²) in [5.41, 5.74) is 1.29. The first kappa shape index (κ1) is 13.3. The lowest BCUT2D eigenvalue weighted by atomic mass is 9.97. The number of nitriles is 1. The van der Waals surface area contributed by atoms with Crippen LogP contribution in [0.5, 0.6) is 0 Å². The molecule has 2 aromatic heterocycles. The van der Waals surface area contributed by atoms with E-state index in [-0.39, 0.29) is 11.9 Å². The Morgan fingerprint density at radius 1 is 1.50 bits per heavy atom. The van der Waals surface area contributed by atoms with Crippen LogP contribution in [-0.4, -0.2) is 41.5 Å². The largest absolute Gasteiger partial charge is 0.463 e. The molecule has 0 spiro atoms. The molecule has 6 heteroatoms. The van der Waals surface area contributed by atoms with Gasteiger partial charge in [0.2, 0.25) is 0 Å². The minimum Gasteiger partial charge on any atom is -0.463 e. The van der Waals surface area contributed by atoms with Gasteiger partial charge in [0.1, 0.15) is 23.6 Å². The predicted molar refractivity (Wildman–Crippen MR) is 79.1 cm³/mol. The van der Waals surface area contributed by atoms with E-state index < -0.39 is 0 Å². The zero-order chi connectivity index (χ0) is 15.1. The van der Waals surface area contributed by atoms with Crippen molar-refractivity contribution in [3.63, 3.8) is 0 Å². The van der Waals surface area contributed by atoms with Crippen LogP contribution in [-0.2, 0) is 0 Å². The van der Waals surface area contributed by atoms with E-state index in [4.69, 9.17) is 9.68 Å². The second-order valence-electron chi connectivity index (χ2n) is 6.15. The summed E-state index contributed by atoms with van der Waals surface area (Å²) in [5, 5.41) is 12.7. The Bertz CT molecular complexity index is 764. The number of pyridine rings is 1. The number of amides is 1. The molecule has 0 aliphatic carbocycles. The highest BCUT2D eigenvalue weighted by Gasteiger charge is 2.33. The second-order valence-corrected chi connectivity index (χ2v) is 6.15. The molecule has 2 aliphatic heterocycles. The van der Waals surface area contributed by atoms with Crippen molar-refractivity contribution in [2.45, 2.75) is 18.9 Å². The fourth-order valence-electron chi connectivity index (χ4n) is 3.56. The lowest BCUT2D eigenvalue weighted by molar-refractivity contribution is 0.0904. The van der Waals surface area contributed by atoms with Crippen molar-refractivity contribution in [3.05, 3.63) is 29.8 Å². The lowest BCUT2D eigenvalue weighted by Gasteiger charge is -2.30. The summed E-state index contributed by atoms with van der Waals surface area (Å²) in [6, 6.07) is 3.83. The second kappa shape index (κ2) is 5.11. The monoisotopic (exact) mass is 296 g/mol. The Kier molecular flexibility index (Phi) is 3.09. The van der Waals surface area contributed by atoms with Crippen LogP contribution in [0, 0.1) is 17.2 Å². The van der Waals surface area contributed by atoms with E-state index in [1.807, 2.05) is 6.07 Å². The first-order valence-electron chi connectivity index (χ1n) is 7.53. The molecule has 3 atom stereocenters. The standard InChI is InChI=1S/C16H16N4O2/c17-5-11-9-22-15-4-14(18-6-13(11)15)16(21)19-12-3-10-1-2-20(7-10)8-12/h4,6,9-10,12H,1-3,7-8H2,(H,19,21)/t10-,12-/m1/s1. The Morgan fingerprint density at radius 2 is 2.41 bits per heavy atom. The lowest BCUT2D eigenvalue weighted by Crippen LogP contribution is -2.47. The van der Waals surface area contributed by atoms with Crippen molar-refractivity contribution < 1.29 is 9.21 Å². The summed E-state index contributed by atoms with van der Waals surface area (Å²) < 4.78 is 5.31. The highest BCUT2D eigenvalue weighted by molar-refractivity contribution is 5.96. The predicted octanol–water partition coefficient (Wildman–Crippen LogP) is 1.52. The van der Waals surface area contributed by atoms with Gasteiger partial charge in [-0.15, -0.1) is 0 Å². The molecular weight excluding hydrogens is 280 g/mol. The average Bonchev–Trinajstić information content (AvgIpc) is 3.09. The van der Waals surface area contributed by atoms with Crippen molar-refractivity contribution in [1.29, 1.82) is 5.26 Å². The third-order valence-corrected chi connectivity index (χ3v) is 4.61. The zero-order valence-electron chi connectivity index (χ0n) is 12.1. The van der Waals surface area contributed by atoms with Crippen LogP contribution in [0.25, 0.3) is 11.0 Å². The molecule has 2 bridgehead atoms. The van der Waals surface area contributed by atoms with Crippen LogP contribution in [0.3, 0.4) is 0 Å².